The Labute approximate surface area is 111 Å². The monoisotopic (exact) mass is 247 g/mol. The van der Waals surface area contributed by atoms with E-state index in [1.165, 1.54) is 24.1 Å². The van der Waals surface area contributed by atoms with Crippen molar-refractivity contribution < 1.29 is 0 Å². The second kappa shape index (κ2) is 5.70. The molecule has 0 saturated heterocycles. The third kappa shape index (κ3) is 3.02. The molecular formula is C15H25N3. The quantitative estimate of drug-likeness (QED) is 0.838. The average molecular weight is 247 g/mol. The van der Waals surface area contributed by atoms with E-state index in [9.17, 15) is 0 Å². The molecule has 1 aromatic heterocycles. The van der Waals surface area contributed by atoms with Crippen molar-refractivity contribution >= 4 is 5.82 Å². The third-order valence-corrected chi connectivity index (χ3v) is 3.49. The van der Waals surface area contributed by atoms with E-state index in [4.69, 9.17) is 4.98 Å². The Hall–Kier alpha value is -1.09. The van der Waals surface area contributed by atoms with Crippen molar-refractivity contribution in [1.82, 2.24) is 10.3 Å². The van der Waals surface area contributed by atoms with Crippen molar-refractivity contribution in [2.45, 2.75) is 52.1 Å². The molecule has 0 aromatic carbocycles. The zero-order valence-electron chi connectivity index (χ0n) is 12.0. The first-order chi connectivity index (χ1) is 8.65. The molecule has 0 atom stereocenters. The van der Waals surface area contributed by atoms with Gasteiger partial charge in [-0.25, -0.2) is 4.98 Å². The van der Waals surface area contributed by atoms with Gasteiger partial charge in [0.15, 0.2) is 0 Å². The summed E-state index contributed by atoms with van der Waals surface area (Å²) in [6.07, 6.45) is 2.64. The number of hydrogen-bond donors (Lipinski definition) is 1. The van der Waals surface area contributed by atoms with E-state index in [-0.39, 0.29) is 0 Å². The molecule has 0 unspecified atom stereocenters. The van der Waals surface area contributed by atoms with Crippen LogP contribution in [0.5, 0.6) is 0 Å². The van der Waals surface area contributed by atoms with Gasteiger partial charge in [0.25, 0.3) is 0 Å². The van der Waals surface area contributed by atoms with Gasteiger partial charge >= 0.3 is 0 Å². The maximum Gasteiger partial charge on any atom is 0.129 e. The molecular weight excluding hydrogens is 222 g/mol. The van der Waals surface area contributed by atoms with E-state index in [1.54, 1.807) is 0 Å². The topological polar surface area (TPSA) is 28.2 Å². The summed E-state index contributed by atoms with van der Waals surface area (Å²) in [7, 11) is 1.99. The minimum Gasteiger partial charge on any atom is -0.354 e. The highest BCUT2D eigenvalue weighted by Gasteiger charge is 2.29. The van der Waals surface area contributed by atoms with Crippen LogP contribution in [0.2, 0.25) is 0 Å². The molecule has 1 aliphatic carbocycles. The molecule has 1 saturated carbocycles. The van der Waals surface area contributed by atoms with Gasteiger partial charge in [-0.15, -0.1) is 0 Å². The third-order valence-electron chi connectivity index (χ3n) is 3.49. The number of aromatic nitrogens is 1. The summed E-state index contributed by atoms with van der Waals surface area (Å²) in [4.78, 5) is 7.30. The molecule has 1 N–H and O–H groups in total. The van der Waals surface area contributed by atoms with Crippen molar-refractivity contribution in [3.63, 3.8) is 0 Å². The van der Waals surface area contributed by atoms with Crippen LogP contribution in [0.1, 0.15) is 50.8 Å². The predicted molar refractivity (Wildman–Crippen MR) is 77.1 cm³/mol. The molecule has 3 nitrogen and oxygen atoms in total. The van der Waals surface area contributed by atoms with Crippen LogP contribution in [0.25, 0.3) is 0 Å². The Morgan fingerprint density at radius 2 is 2.11 bits per heavy atom. The van der Waals surface area contributed by atoms with E-state index < -0.39 is 0 Å². The maximum atomic E-state index is 4.85. The fourth-order valence-electron chi connectivity index (χ4n) is 2.34. The summed E-state index contributed by atoms with van der Waals surface area (Å²) in [6.45, 7) is 8.61. The molecule has 0 bridgehead atoms. The van der Waals surface area contributed by atoms with Crippen molar-refractivity contribution in [2.24, 2.45) is 0 Å². The van der Waals surface area contributed by atoms with Gasteiger partial charge in [-0.3, -0.25) is 0 Å². The Bertz CT molecular complexity index is 397. The summed E-state index contributed by atoms with van der Waals surface area (Å²) < 4.78 is 0. The first-order valence-electron chi connectivity index (χ1n) is 7.07. The van der Waals surface area contributed by atoms with Crippen molar-refractivity contribution in [3.8, 4) is 0 Å². The summed E-state index contributed by atoms with van der Waals surface area (Å²) in [5, 5.41) is 3.23. The smallest absolute Gasteiger partial charge is 0.129 e. The number of hydrogen-bond acceptors (Lipinski definition) is 3. The number of pyridine rings is 1. The molecule has 1 aliphatic rings. The van der Waals surface area contributed by atoms with E-state index in [2.05, 4.69) is 43.1 Å². The summed E-state index contributed by atoms with van der Waals surface area (Å²) >= 11 is 0. The predicted octanol–water partition coefficient (Wildman–Crippen LogP) is 2.91. The lowest BCUT2D eigenvalue weighted by Crippen LogP contribution is -2.26. The molecule has 0 amide bonds. The minimum atomic E-state index is 0.485. The largest absolute Gasteiger partial charge is 0.354 e. The minimum absolute atomic E-state index is 0.485. The van der Waals surface area contributed by atoms with Crippen LogP contribution in [0.15, 0.2) is 12.1 Å². The molecule has 1 fully saturated rings. The summed E-state index contributed by atoms with van der Waals surface area (Å²) in [5.41, 5.74) is 2.54. The lowest BCUT2D eigenvalue weighted by molar-refractivity contribution is 0.759. The molecule has 0 radical (unpaired) electrons. The second-order valence-electron chi connectivity index (χ2n) is 5.46. The van der Waals surface area contributed by atoms with Gasteiger partial charge in [0.05, 0.1) is 0 Å². The second-order valence-corrected chi connectivity index (χ2v) is 5.46. The molecule has 3 heteroatoms. The van der Waals surface area contributed by atoms with Crippen LogP contribution in [-0.2, 0) is 6.54 Å². The molecule has 2 rings (SSSR count). The Morgan fingerprint density at radius 3 is 2.61 bits per heavy atom. The fraction of sp³-hybridized carbons (Fsp3) is 0.667. The molecule has 18 heavy (non-hydrogen) atoms. The van der Waals surface area contributed by atoms with Crippen LogP contribution >= 0.6 is 0 Å². The Morgan fingerprint density at radius 1 is 1.39 bits per heavy atom. The SMILES string of the molecule is CCN(c1cc(CNC)cc(C(C)C)n1)C1CC1. The molecule has 0 spiro atoms. The van der Waals surface area contributed by atoms with Gasteiger partial charge in [0, 0.05) is 24.8 Å². The Balaban J connectivity index is 2.31. The lowest BCUT2D eigenvalue weighted by atomic mass is 10.1. The first kappa shape index (κ1) is 13.3. The maximum absolute atomic E-state index is 4.85. The molecule has 0 aliphatic heterocycles. The highest BCUT2D eigenvalue weighted by atomic mass is 15.2. The molecule has 1 aromatic rings. The van der Waals surface area contributed by atoms with Crippen LogP contribution in [-0.4, -0.2) is 24.6 Å². The average Bonchev–Trinajstić information content (AvgIpc) is 3.14. The van der Waals surface area contributed by atoms with Crippen molar-refractivity contribution in [1.29, 1.82) is 0 Å². The summed E-state index contributed by atoms with van der Waals surface area (Å²) in [6, 6.07) is 5.20. The van der Waals surface area contributed by atoms with E-state index in [1.807, 2.05) is 7.05 Å². The number of nitrogens with one attached hydrogen (secondary N) is 1. The zero-order chi connectivity index (χ0) is 13.1. The number of anilines is 1. The van der Waals surface area contributed by atoms with Gasteiger partial charge in [0.2, 0.25) is 0 Å². The standard InChI is InChI=1S/C15H25N3/c1-5-18(13-6-7-13)15-9-12(10-16-4)8-14(17-15)11(2)3/h8-9,11,13,16H,5-7,10H2,1-4H3. The molecule has 1 heterocycles. The lowest BCUT2D eigenvalue weighted by Gasteiger charge is -2.23. The van der Waals surface area contributed by atoms with Crippen LogP contribution < -0.4 is 10.2 Å². The van der Waals surface area contributed by atoms with E-state index in [0.29, 0.717) is 5.92 Å². The van der Waals surface area contributed by atoms with E-state index in [0.717, 1.165) is 24.9 Å². The van der Waals surface area contributed by atoms with Crippen LogP contribution in [0.4, 0.5) is 5.82 Å². The van der Waals surface area contributed by atoms with Gasteiger partial charge in [-0.2, -0.15) is 0 Å². The number of rotatable bonds is 6. The van der Waals surface area contributed by atoms with Crippen molar-refractivity contribution in [3.05, 3.63) is 23.4 Å². The van der Waals surface area contributed by atoms with Gasteiger partial charge in [-0.1, -0.05) is 13.8 Å². The normalized spacial score (nSPS) is 15.2. The Kier molecular flexibility index (Phi) is 4.23. The summed E-state index contributed by atoms with van der Waals surface area (Å²) in [5.74, 6) is 1.65. The highest BCUT2D eigenvalue weighted by molar-refractivity contribution is 5.45. The van der Waals surface area contributed by atoms with Crippen molar-refractivity contribution in [2.75, 3.05) is 18.5 Å². The van der Waals surface area contributed by atoms with Crippen LogP contribution in [0, 0.1) is 0 Å². The fourth-order valence-corrected chi connectivity index (χ4v) is 2.34. The van der Waals surface area contributed by atoms with Gasteiger partial charge < -0.3 is 10.2 Å². The van der Waals surface area contributed by atoms with E-state index >= 15 is 0 Å². The number of nitrogens with zero attached hydrogens (tertiary/aromatic N) is 2. The zero-order valence-corrected chi connectivity index (χ0v) is 12.0. The van der Waals surface area contributed by atoms with Crippen LogP contribution in [0.3, 0.4) is 0 Å². The first-order valence-corrected chi connectivity index (χ1v) is 7.07. The highest BCUT2D eigenvalue weighted by Crippen LogP contribution is 2.31. The molecule has 100 valence electrons. The van der Waals surface area contributed by atoms with Gasteiger partial charge in [0.1, 0.15) is 5.82 Å². The van der Waals surface area contributed by atoms with Gasteiger partial charge in [-0.05, 0) is 50.4 Å².